The lowest BCUT2D eigenvalue weighted by Crippen LogP contribution is -2.51. The Morgan fingerprint density at radius 2 is 1.90 bits per heavy atom. The van der Waals surface area contributed by atoms with E-state index in [0.717, 1.165) is 16.8 Å². The molecular formula is C24H26Cl2N2O2. The SMILES string of the molecule is CCN(C(=O)CCc1ccc(Cl)cc1Cl)C1C=Cc2ccccc2N(C(C)C)C1=O. The zero-order chi connectivity index (χ0) is 21.8. The van der Waals surface area contributed by atoms with Crippen LogP contribution in [0.15, 0.2) is 48.5 Å². The molecule has 158 valence electrons. The Morgan fingerprint density at radius 1 is 1.17 bits per heavy atom. The minimum atomic E-state index is -0.641. The molecule has 4 nitrogen and oxygen atoms in total. The van der Waals surface area contributed by atoms with E-state index in [0.29, 0.717) is 23.0 Å². The second-order valence-electron chi connectivity index (χ2n) is 7.58. The van der Waals surface area contributed by atoms with E-state index in [1.54, 1.807) is 21.9 Å². The summed E-state index contributed by atoms with van der Waals surface area (Å²) in [6, 6.07) is 12.4. The number of aryl methyl sites for hydroxylation is 1. The minimum Gasteiger partial charge on any atom is -0.327 e. The summed E-state index contributed by atoms with van der Waals surface area (Å²) in [5.74, 6) is -0.174. The second kappa shape index (κ2) is 9.67. The van der Waals surface area contributed by atoms with Gasteiger partial charge in [0.15, 0.2) is 0 Å². The van der Waals surface area contributed by atoms with E-state index in [1.165, 1.54) is 0 Å². The van der Waals surface area contributed by atoms with Gasteiger partial charge in [-0.15, -0.1) is 0 Å². The van der Waals surface area contributed by atoms with Gasteiger partial charge < -0.3 is 9.80 Å². The first-order chi connectivity index (χ1) is 14.3. The van der Waals surface area contributed by atoms with Crippen LogP contribution >= 0.6 is 23.2 Å². The van der Waals surface area contributed by atoms with Crippen LogP contribution in [0, 0.1) is 0 Å². The highest BCUT2D eigenvalue weighted by Gasteiger charge is 2.34. The van der Waals surface area contributed by atoms with Crippen molar-refractivity contribution >= 4 is 46.8 Å². The largest absolute Gasteiger partial charge is 0.327 e. The molecule has 6 heteroatoms. The number of para-hydroxylation sites is 1. The van der Waals surface area contributed by atoms with E-state index in [4.69, 9.17) is 23.2 Å². The van der Waals surface area contributed by atoms with Crippen molar-refractivity contribution in [3.05, 3.63) is 69.7 Å². The molecule has 0 aromatic heterocycles. The van der Waals surface area contributed by atoms with Crippen molar-refractivity contribution in [3.8, 4) is 0 Å². The fraction of sp³-hybridized carbons (Fsp3) is 0.333. The monoisotopic (exact) mass is 444 g/mol. The van der Waals surface area contributed by atoms with E-state index < -0.39 is 6.04 Å². The normalized spacial score (nSPS) is 15.9. The molecule has 2 aromatic rings. The lowest BCUT2D eigenvalue weighted by atomic mass is 10.1. The zero-order valence-corrected chi connectivity index (χ0v) is 19.0. The minimum absolute atomic E-state index is 0.0252. The van der Waals surface area contributed by atoms with Crippen LogP contribution in [0.25, 0.3) is 6.08 Å². The average molecular weight is 445 g/mol. The molecule has 30 heavy (non-hydrogen) atoms. The maximum Gasteiger partial charge on any atom is 0.254 e. The molecule has 0 spiro atoms. The van der Waals surface area contributed by atoms with Crippen LogP contribution in [0.3, 0.4) is 0 Å². The predicted octanol–water partition coefficient (Wildman–Crippen LogP) is 5.61. The zero-order valence-electron chi connectivity index (χ0n) is 17.4. The van der Waals surface area contributed by atoms with Crippen molar-refractivity contribution in [1.29, 1.82) is 0 Å². The van der Waals surface area contributed by atoms with Crippen molar-refractivity contribution in [2.45, 2.75) is 45.7 Å². The fourth-order valence-corrected chi connectivity index (χ4v) is 4.30. The molecule has 0 radical (unpaired) electrons. The number of amides is 2. The highest BCUT2D eigenvalue weighted by atomic mass is 35.5. The predicted molar refractivity (Wildman–Crippen MR) is 124 cm³/mol. The Bertz CT molecular complexity index is 971. The maximum atomic E-state index is 13.5. The number of nitrogens with zero attached hydrogens (tertiary/aromatic N) is 2. The van der Waals surface area contributed by atoms with E-state index >= 15 is 0 Å². The van der Waals surface area contributed by atoms with Crippen LogP contribution in [0.1, 0.15) is 38.3 Å². The second-order valence-corrected chi connectivity index (χ2v) is 8.42. The van der Waals surface area contributed by atoms with Crippen molar-refractivity contribution in [1.82, 2.24) is 4.90 Å². The summed E-state index contributed by atoms with van der Waals surface area (Å²) in [5.41, 5.74) is 2.70. The van der Waals surface area contributed by atoms with Crippen LogP contribution < -0.4 is 4.90 Å². The molecule has 0 saturated heterocycles. The molecule has 1 atom stereocenters. The number of halogens is 2. The summed E-state index contributed by atoms with van der Waals surface area (Å²) in [5, 5.41) is 1.11. The van der Waals surface area contributed by atoms with Crippen LogP contribution in [-0.4, -0.2) is 35.3 Å². The van der Waals surface area contributed by atoms with E-state index in [-0.39, 0.29) is 24.3 Å². The van der Waals surface area contributed by atoms with E-state index in [2.05, 4.69) is 0 Å². The Labute approximate surface area is 188 Å². The third kappa shape index (κ3) is 4.71. The number of carbonyl (C=O) groups is 2. The molecule has 1 unspecified atom stereocenters. The number of hydrogen-bond acceptors (Lipinski definition) is 2. The molecule has 1 aliphatic heterocycles. The molecular weight excluding hydrogens is 419 g/mol. The van der Waals surface area contributed by atoms with Crippen molar-refractivity contribution in [2.75, 3.05) is 11.4 Å². The standard InChI is InChI=1S/C24H26Cl2N2O2/c1-4-27(23(29)14-11-17-9-12-19(25)15-20(17)26)22-13-10-18-7-5-6-8-21(18)28(16(2)3)24(22)30/h5-10,12-13,15-16,22H,4,11,14H2,1-3H3. The number of benzene rings is 2. The maximum absolute atomic E-state index is 13.5. The molecule has 0 saturated carbocycles. The van der Waals surface area contributed by atoms with Crippen LogP contribution in [0.2, 0.25) is 10.0 Å². The number of fused-ring (bicyclic) bond motifs is 1. The number of hydrogen-bond donors (Lipinski definition) is 0. The molecule has 2 aromatic carbocycles. The van der Waals surface area contributed by atoms with Gasteiger partial charge in [-0.1, -0.05) is 59.6 Å². The third-order valence-electron chi connectivity index (χ3n) is 5.28. The highest BCUT2D eigenvalue weighted by Crippen LogP contribution is 2.29. The lowest BCUT2D eigenvalue weighted by Gasteiger charge is -2.34. The van der Waals surface area contributed by atoms with Crippen LogP contribution in [0.4, 0.5) is 5.69 Å². The fourth-order valence-electron chi connectivity index (χ4n) is 3.79. The van der Waals surface area contributed by atoms with Gasteiger partial charge in [0.1, 0.15) is 6.04 Å². The van der Waals surface area contributed by atoms with Crippen LogP contribution in [0.5, 0.6) is 0 Å². The van der Waals surface area contributed by atoms with Gasteiger partial charge in [-0.2, -0.15) is 0 Å². The number of carbonyl (C=O) groups excluding carboxylic acids is 2. The van der Waals surface area contributed by atoms with Gasteiger partial charge >= 0.3 is 0 Å². The van der Waals surface area contributed by atoms with Gasteiger partial charge in [0.2, 0.25) is 5.91 Å². The molecule has 1 heterocycles. The van der Waals surface area contributed by atoms with Gasteiger partial charge in [-0.05, 0) is 56.5 Å². The summed E-state index contributed by atoms with van der Waals surface area (Å²) in [7, 11) is 0. The quantitative estimate of drug-likeness (QED) is 0.580. The van der Waals surface area contributed by atoms with E-state index in [1.807, 2.05) is 63.3 Å². The van der Waals surface area contributed by atoms with Crippen molar-refractivity contribution in [3.63, 3.8) is 0 Å². The Hall–Kier alpha value is -2.30. The smallest absolute Gasteiger partial charge is 0.254 e. The van der Waals surface area contributed by atoms with Gasteiger partial charge in [0.05, 0.1) is 5.69 Å². The first-order valence-corrected chi connectivity index (χ1v) is 10.9. The first kappa shape index (κ1) is 22.4. The summed E-state index contributed by atoms with van der Waals surface area (Å²) in [6.45, 7) is 6.30. The van der Waals surface area contributed by atoms with Gasteiger partial charge in [-0.25, -0.2) is 0 Å². The summed E-state index contributed by atoms with van der Waals surface area (Å²) in [4.78, 5) is 30.0. The first-order valence-electron chi connectivity index (χ1n) is 10.2. The highest BCUT2D eigenvalue weighted by molar-refractivity contribution is 6.35. The molecule has 2 amide bonds. The van der Waals surface area contributed by atoms with Gasteiger partial charge in [-0.3, -0.25) is 9.59 Å². The summed E-state index contributed by atoms with van der Waals surface area (Å²) < 4.78 is 0. The molecule has 0 bridgehead atoms. The number of rotatable bonds is 6. The van der Waals surface area contributed by atoms with Crippen molar-refractivity contribution < 1.29 is 9.59 Å². The lowest BCUT2D eigenvalue weighted by molar-refractivity contribution is -0.137. The molecule has 0 fully saturated rings. The Balaban J connectivity index is 1.83. The third-order valence-corrected chi connectivity index (χ3v) is 5.87. The Morgan fingerprint density at radius 3 is 2.57 bits per heavy atom. The number of anilines is 1. The Kier molecular flexibility index (Phi) is 7.22. The van der Waals surface area contributed by atoms with Crippen LogP contribution in [-0.2, 0) is 16.0 Å². The average Bonchev–Trinajstić information content (AvgIpc) is 2.84. The summed E-state index contributed by atoms with van der Waals surface area (Å²) in [6.07, 6.45) is 4.53. The van der Waals surface area contributed by atoms with Gasteiger partial charge in [0.25, 0.3) is 5.91 Å². The molecule has 0 aliphatic carbocycles. The molecule has 3 rings (SSSR count). The van der Waals surface area contributed by atoms with Gasteiger partial charge in [0, 0.05) is 29.1 Å². The molecule has 0 N–H and O–H groups in total. The van der Waals surface area contributed by atoms with Crippen molar-refractivity contribution in [2.24, 2.45) is 0 Å². The summed E-state index contributed by atoms with van der Waals surface area (Å²) >= 11 is 12.2. The molecule has 1 aliphatic rings. The topological polar surface area (TPSA) is 40.6 Å². The van der Waals surface area contributed by atoms with E-state index in [9.17, 15) is 9.59 Å². The number of likely N-dealkylation sites (N-methyl/N-ethyl adjacent to an activating group) is 1.